The number of ketones is 1. The van der Waals surface area contributed by atoms with Gasteiger partial charge in [-0.15, -0.1) is 0 Å². The highest BCUT2D eigenvalue weighted by molar-refractivity contribution is 6.45. The molecular formula is C31H26F2N6O3. The molecule has 0 unspecified atom stereocenters. The van der Waals surface area contributed by atoms with Gasteiger partial charge in [0.15, 0.2) is 5.82 Å². The summed E-state index contributed by atoms with van der Waals surface area (Å²) in [4.78, 5) is 40.1. The lowest BCUT2D eigenvalue weighted by Gasteiger charge is -2.30. The lowest BCUT2D eigenvalue weighted by Crippen LogP contribution is -2.40. The summed E-state index contributed by atoms with van der Waals surface area (Å²) in [6.07, 6.45) is 5.35. The number of methoxy groups -OCH3 is 1. The third-order valence-electron chi connectivity index (χ3n) is 7.36. The first-order valence-electron chi connectivity index (χ1n) is 13.3. The van der Waals surface area contributed by atoms with Crippen molar-refractivity contribution < 1.29 is 23.1 Å². The number of carbonyl (C=O) groups excluding carboxylic acids is 2. The fraction of sp³-hybridized carbons (Fsp3) is 0.194. The highest BCUT2D eigenvalue weighted by Gasteiger charge is 2.30. The number of nitrogens with one attached hydrogen (secondary N) is 1. The van der Waals surface area contributed by atoms with Crippen LogP contribution in [0, 0.1) is 18.6 Å². The highest BCUT2D eigenvalue weighted by Crippen LogP contribution is 2.35. The second kappa shape index (κ2) is 11.0. The normalized spacial score (nSPS) is 13.4. The summed E-state index contributed by atoms with van der Waals surface area (Å²) in [6, 6.07) is 12.8. The van der Waals surface area contributed by atoms with Gasteiger partial charge < -0.3 is 14.6 Å². The third kappa shape index (κ3) is 4.93. The van der Waals surface area contributed by atoms with Crippen molar-refractivity contribution in [2.24, 2.45) is 0 Å². The summed E-state index contributed by atoms with van der Waals surface area (Å²) in [5, 5.41) is 4.72. The second-order valence-corrected chi connectivity index (χ2v) is 9.96. The van der Waals surface area contributed by atoms with Crippen LogP contribution in [0.3, 0.4) is 0 Å². The number of nitrogens with zero attached hydrogens (tertiary/aromatic N) is 5. The molecule has 1 aliphatic heterocycles. The van der Waals surface area contributed by atoms with E-state index in [1.807, 2.05) is 30.3 Å². The minimum absolute atomic E-state index is 0.161. The van der Waals surface area contributed by atoms with Gasteiger partial charge in [-0.25, -0.2) is 23.4 Å². The number of ether oxygens (including phenoxy) is 1. The van der Waals surface area contributed by atoms with Crippen LogP contribution in [0.1, 0.15) is 40.2 Å². The van der Waals surface area contributed by atoms with Gasteiger partial charge in [0.25, 0.3) is 11.7 Å². The Kier molecular flexibility index (Phi) is 7.07. The SMILES string of the molecule is COc1cnc(-n2cnc(C)n2)c2[nH]cc(C(=O)C(=O)N3CCC(=C(c4ccccc4)c4cc(F)cc(F)c4)CC3)c12. The van der Waals surface area contributed by atoms with Crippen LogP contribution in [-0.2, 0) is 4.79 Å². The van der Waals surface area contributed by atoms with Gasteiger partial charge in [0.2, 0.25) is 0 Å². The molecule has 0 spiro atoms. The zero-order valence-corrected chi connectivity index (χ0v) is 22.9. The minimum atomic E-state index is -0.686. The van der Waals surface area contributed by atoms with Crippen molar-refractivity contribution in [3.05, 3.63) is 107 Å². The summed E-state index contributed by atoms with van der Waals surface area (Å²) in [5.41, 5.74) is 3.59. The van der Waals surface area contributed by atoms with Crippen LogP contribution in [0.15, 0.2) is 72.8 Å². The number of aromatic nitrogens is 5. The highest BCUT2D eigenvalue weighted by atomic mass is 19.1. The molecule has 5 aromatic rings. The van der Waals surface area contributed by atoms with E-state index in [-0.39, 0.29) is 18.7 Å². The van der Waals surface area contributed by atoms with Crippen molar-refractivity contribution >= 4 is 28.2 Å². The topological polar surface area (TPSA) is 106 Å². The zero-order valence-electron chi connectivity index (χ0n) is 22.9. The maximum absolute atomic E-state index is 14.2. The second-order valence-electron chi connectivity index (χ2n) is 9.96. The fourth-order valence-corrected chi connectivity index (χ4v) is 5.43. The number of amides is 1. The molecule has 0 atom stereocenters. The molecule has 2 aromatic carbocycles. The van der Waals surface area contributed by atoms with Crippen molar-refractivity contribution in [3.63, 3.8) is 0 Å². The van der Waals surface area contributed by atoms with E-state index in [1.54, 1.807) is 6.92 Å². The Morgan fingerprint density at radius 1 is 0.976 bits per heavy atom. The molecule has 42 heavy (non-hydrogen) atoms. The number of H-pyrrole nitrogens is 1. The van der Waals surface area contributed by atoms with Crippen LogP contribution in [0.5, 0.6) is 5.75 Å². The Bertz CT molecular complexity index is 1830. The molecule has 9 nitrogen and oxygen atoms in total. The van der Waals surface area contributed by atoms with Crippen LogP contribution in [0.2, 0.25) is 0 Å². The van der Waals surface area contributed by atoms with Crippen molar-refractivity contribution in [2.45, 2.75) is 19.8 Å². The quantitative estimate of drug-likeness (QED) is 0.227. The summed E-state index contributed by atoms with van der Waals surface area (Å²) < 4.78 is 35.3. The summed E-state index contributed by atoms with van der Waals surface area (Å²) in [7, 11) is 1.46. The molecule has 0 aliphatic carbocycles. The Morgan fingerprint density at radius 2 is 1.69 bits per heavy atom. The zero-order chi connectivity index (χ0) is 29.4. The number of rotatable bonds is 6. The number of aromatic amines is 1. The molecule has 3 aromatic heterocycles. The molecule has 6 rings (SSSR count). The van der Waals surface area contributed by atoms with E-state index < -0.39 is 23.3 Å². The van der Waals surface area contributed by atoms with E-state index in [9.17, 15) is 18.4 Å². The molecule has 212 valence electrons. The number of fused-ring (bicyclic) bond motifs is 1. The van der Waals surface area contributed by atoms with Gasteiger partial charge >= 0.3 is 0 Å². The largest absolute Gasteiger partial charge is 0.494 e. The van der Waals surface area contributed by atoms with E-state index >= 15 is 0 Å². The molecule has 0 bridgehead atoms. The van der Waals surface area contributed by atoms with Crippen molar-refractivity contribution in [2.75, 3.05) is 20.2 Å². The minimum Gasteiger partial charge on any atom is -0.494 e. The first-order valence-corrected chi connectivity index (χ1v) is 13.3. The van der Waals surface area contributed by atoms with E-state index in [2.05, 4.69) is 20.1 Å². The van der Waals surface area contributed by atoms with E-state index in [0.29, 0.717) is 46.7 Å². The third-order valence-corrected chi connectivity index (χ3v) is 7.36. The number of likely N-dealkylation sites (tertiary alicyclic amines) is 1. The van der Waals surface area contributed by atoms with Gasteiger partial charge in [0.05, 0.1) is 29.8 Å². The van der Waals surface area contributed by atoms with Gasteiger partial charge in [-0.3, -0.25) is 9.59 Å². The Morgan fingerprint density at radius 3 is 2.33 bits per heavy atom. The molecular weight excluding hydrogens is 542 g/mol. The summed E-state index contributed by atoms with van der Waals surface area (Å²) in [5.74, 6) is -1.36. The molecule has 1 saturated heterocycles. The van der Waals surface area contributed by atoms with Gasteiger partial charge in [-0.05, 0) is 48.6 Å². The number of Topliss-reactive ketones (excluding diaryl/α,β-unsaturated/α-hetero) is 1. The van der Waals surface area contributed by atoms with Crippen LogP contribution < -0.4 is 4.74 Å². The number of hydrogen-bond donors (Lipinski definition) is 1. The van der Waals surface area contributed by atoms with Crippen molar-refractivity contribution in [3.8, 4) is 11.6 Å². The molecule has 11 heteroatoms. The molecule has 0 saturated carbocycles. The van der Waals surface area contributed by atoms with Gasteiger partial charge in [0.1, 0.15) is 29.5 Å². The van der Waals surface area contributed by atoms with E-state index in [1.165, 1.54) is 47.5 Å². The maximum atomic E-state index is 14.2. The molecule has 1 aliphatic rings. The van der Waals surface area contributed by atoms with Gasteiger partial charge in [0, 0.05) is 25.4 Å². The Hall–Kier alpha value is -5.19. The van der Waals surface area contributed by atoms with Crippen molar-refractivity contribution in [1.82, 2.24) is 29.6 Å². The van der Waals surface area contributed by atoms with E-state index in [0.717, 1.165) is 22.8 Å². The maximum Gasteiger partial charge on any atom is 0.295 e. The number of carbonyl (C=O) groups is 2. The van der Waals surface area contributed by atoms with Crippen LogP contribution in [0.4, 0.5) is 8.78 Å². The van der Waals surface area contributed by atoms with Crippen LogP contribution >= 0.6 is 0 Å². The standard InChI is InChI=1S/C31H26F2N6O3/c1-18-36-17-39(37-18)30-28-27(25(42-2)16-35-30)24(15-34-28)29(40)31(41)38-10-8-20(9-11-38)26(19-6-4-3-5-7-19)21-12-22(32)14-23(33)13-21/h3-7,12-17,34H,8-11H2,1-2H3. The number of aryl methyl sites for hydroxylation is 1. The summed E-state index contributed by atoms with van der Waals surface area (Å²) >= 11 is 0. The number of halogens is 2. The molecule has 0 radical (unpaired) electrons. The van der Waals surface area contributed by atoms with E-state index in [4.69, 9.17) is 4.74 Å². The first-order chi connectivity index (χ1) is 20.3. The average molecular weight is 569 g/mol. The van der Waals surface area contributed by atoms with Crippen molar-refractivity contribution in [1.29, 1.82) is 0 Å². The predicted molar refractivity (Wildman–Crippen MR) is 151 cm³/mol. The smallest absolute Gasteiger partial charge is 0.295 e. The number of piperidine rings is 1. The number of hydrogen-bond acceptors (Lipinski definition) is 6. The van der Waals surface area contributed by atoms with Gasteiger partial charge in [-0.1, -0.05) is 35.9 Å². The predicted octanol–water partition coefficient (Wildman–Crippen LogP) is 5.05. The lowest BCUT2D eigenvalue weighted by molar-refractivity contribution is -0.126. The molecule has 4 heterocycles. The molecule has 1 fully saturated rings. The Labute approximate surface area is 239 Å². The Balaban J connectivity index is 1.29. The number of benzene rings is 2. The molecule has 1 N–H and O–H groups in total. The summed E-state index contributed by atoms with van der Waals surface area (Å²) in [6.45, 7) is 2.30. The number of pyridine rings is 1. The fourth-order valence-electron chi connectivity index (χ4n) is 5.43. The molecule has 1 amide bonds. The van der Waals surface area contributed by atoms with Crippen LogP contribution in [-0.4, -0.2) is 61.5 Å². The average Bonchev–Trinajstić information content (AvgIpc) is 3.63. The van der Waals surface area contributed by atoms with Crippen LogP contribution in [0.25, 0.3) is 22.3 Å². The monoisotopic (exact) mass is 568 g/mol. The van der Waals surface area contributed by atoms with Gasteiger partial charge in [-0.2, -0.15) is 5.10 Å². The lowest BCUT2D eigenvalue weighted by atomic mass is 9.88. The first kappa shape index (κ1) is 27.0.